The molecule has 2 aromatic carbocycles. The molecule has 7 nitrogen and oxygen atoms in total. The fourth-order valence-corrected chi connectivity index (χ4v) is 4.95. The molecule has 1 aliphatic rings. The zero-order valence-electron chi connectivity index (χ0n) is 21.0. The number of ether oxygens (including phenoxy) is 1. The minimum Gasteiger partial charge on any atom is -0.483 e. The third kappa shape index (κ3) is 8.08. The maximum atomic E-state index is 13.7. The van der Waals surface area contributed by atoms with Gasteiger partial charge in [-0.25, -0.2) is 14.2 Å². The molecule has 15 heteroatoms. The molecule has 2 atom stereocenters. The second kappa shape index (κ2) is 12.3. The fraction of sp³-hybridized carbons (Fsp3) is 0.346. The van der Waals surface area contributed by atoms with Crippen molar-refractivity contribution in [2.75, 3.05) is 5.32 Å². The third-order valence-electron chi connectivity index (χ3n) is 6.22. The molecule has 0 spiro atoms. The van der Waals surface area contributed by atoms with E-state index in [1.54, 1.807) is 6.07 Å². The number of nitrogens with one attached hydrogen (secondary N) is 3. The van der Waals surface area contributed by atoms with Gasteiger partial charge in [-0.05, 0) is 43.2 Å². The Kier molecular flexibility index (Phi) is 9.05. The first kappa shape index (κ1) is 30.1. The molecular formula is C26H23F7N4O3S. The van der Waals surface area contributed by atoms with E-state index in [0.717, 1.165) is 11.3 Å². The summed E-state index contributed by atoms with van der Waals surface area (Å²) >= 11 is 1.12. The Morgan fingerprint density at radius 1 is 0.927 bits per heavy atom. The van der Waals surface area contributed by atoms with Gasteiger partial charge in [0.1, 0.15) is 17.3 Å². The highest BCUT2D eigenvalue weighted by Gasteiger charge is 2.37. The summed E-state index contributed by atoms with van der Waals surface area (Å²) in [5, 5.41) is 9.25. The van der Waals surface area contributed by atoms with Crippen molar-refractivity contribution in [3.05, 3.63) is 75.5 Å². The predicted octanol–water partition coefficient (Wildman–Crippen LogP) is 6.76. The minimum absolute atomic E-state index is 0.0304. The topological polar surface area (TPSA) is 92.4 Å². The first-order valence-electron chi connectivity index (χ1n) is 12.3. The summed E-state index contributed by atoms with van der Waals surface area (Å²) in [6.07, 6.45) is -7.86. The quantitative estimate of drug-likeness (QED) is 0.260. The van der Waals surface area contributed by atoms with Crippen LogP contribution in [0.4, 0.5) is 41.2 Å². The number of anilines is 1. The normalized spacial score (nSPS) is 17.5. The lowest BCUT2D eigenvalue weighted by molar-refractivity contribution is -0.143. The molecule has 0 saturated heterocycles. The van der Waals surface area contributed by atoms with Crippen LogP contribution in [-0.4, -0.2) is 29.0 Å². The number of urea groups is 1. The zero-order valence-corrected chi connectivity index (χ0v) is 21.9. The van der Waals surface area contributed by atoms with Crippen molar-refractivity contribution < 1.29 is 45.1 Å². The largest absolute Gasteiger partial charge is 0.483 e. The number of benzene rings is 2. The van der Waals surface area contributed by atoms with E-state index in [1.165, 1.54) is 23.6 Å². The summed E-state index contributed by atoms with van der Waals surface area (Å²) in [4.78, 5) is 29.6. The van der Waals surface area contributed by atoms with Crippen LogP contribution in [-0.2, 0) is 19.0 Å². The molecule has 1 aromatic heterocycles. The number of nitrogens with zero attached hydrogens (tertiary/aromatic N) is 1. The van der Waals surface area contributed by atoms with E-state index in [9.17, 15) is 40.3 Å². The molecule has 3 N–H and O–H groups in total. The van der Waals surface area contributed by atoms with Crippen LogP contribution in [0.25, 0.3) is 0 Å². The molecule has 41 heavy (non-hydrogen) atoms. The van der Waals surface area contributed by atoms with Crippen LogP contribution >= 0.6 is 11.3 Å². The van der Waals surface area contributed by atoms with Crippen molar-refractivity contribution in [1.82, 2.24) is 15.6 Å². The summed E-state index contributed by atoms with van der Waals surface area (Å²) in [6.45, 7) is -0.0712. The summed E-state index contributed by atoms with van der Waals surface area (Å²) in [6, 6.07) is 4.34. The van der Waals surface area contributed by atoms with Gasteiger partial charge in [0.05, 0.1) is 17.2 Å². The monoisotopic (exact) mass is 604 g/mol. The lowest BCUT2D eigenvalue weighted by atomic mass is 9.90. The van der Waals surface area contributed by atoms with E-state index in [-0.39, 0.29) is 24.1 Å². The Labute approximate surface area is 233 Å². The first-order chi connectivity index (χ1) is 19.3. The molecule has 0 aliphatic heterocycles. The number of para-hydroxylation sites is 1. The van der Waals surface area contributed by atoms with Gasteiger partial charge in [-0.1, -0.05) is 25.0 Å². The van der Waals surface area contributed by atoms with Gasteiger partial charge in [0, 0.05) is 17.1 Å². The Morgan fingerprint density at radius 2 is 1.54 bits per heavy atom. The number of halogens is 7. The molecule has 220 valence electrons. The first-order valence-corrected chi connectivity index (χ1v) is 13.2. The predicted molar refractivity (Wildman–Crippen MR) is 135 cm³/mol. The highest BCUT2D eigenvalue weighted by atomic mass is 32.1. The lowest BCUT2D eigenvalue weighted by Gasteiger charge is -2.32. The van der Waals surface area contributed by atoms with Crippen molar-refractivity contribution in [2.45, 2.75) is 56.7 Å². The number of hydrogen-bond acceptors (Lipinski definition) is 5. The van der Waals surface area contributed by atoms with E-state index >= 15 is 0 Å². The highest BCUT2D eigenvalue weighted by molar-refractivity contribution is 7.09. The van der Waals surface area contributed by atoms with Crippen molar-refractivity contribution in [3.63, 3.8) is 0 Å². The number of carbonyl (C=O) groups is 2. The average Bonchev–Trinajstić information content (AvgIpc) is 3.37. The molecule has 4 rings (SSSR count). The summed E-state index contributed by atoms with van der Waals surface area (Å²) < 4.78 is 97.9. The maximum Gasteiger partial charge on any atom is 0.416 e. The third-order valence-corrected chi connectivity index (χ3v) is 7.04. The molecule has 0 bridgehead atoms. The standard InChI is InChI=1S/C26H23F7N4O3S/c27-17-5-1-4-8-21(17)40-12-22-35-20(13-41-22)23(38)36-18-6-2-3-7-19(18)37-24(39)34-16-10-14(25(28,29)30)9-15(11-16)26(31,32)33/h1,4-5,8-11,13,18-19H,2-3,6-7,12H2,(H,36,38)(H2,34,37,39)/t18-,19-/m0/s1. The number of hydrogen-bond donors (Lipinski definition) is 3. The maximum absolute atomic E-state index is 13.7. The van der Waals surface area contributed by atoms with Crippen molar-refractivity contribution in [3.8, 4) is 5.75 Å². The Hall–Kier alpha value is -3.88. The van der Waals surface area contributed by atoms with E-state index in [0.29, 0.717) is 42.8 Å². The zero-order chi connectivity index (χ0) is 29.8. The van der Waals surface area contributed by atoms with Gasteiger partial charge in [-0.3, -0.25) is 4.79 Å². The van der Waals surface area contributed by atoms with Gasteiger partial charge >= 0.3 is 18.4 Å². The van der Waals surface area contributed by atoms with Crippen molar-refractivity contribution in [1.29, 1.82) is 0 Å². The SMILES string of the molecule is O=C(Nc1cc(C(F)(F)F)cc(C(F)(F)F)c1)N[C@H]1CCCC[C@@H]1NC(=O)c1csc(COc2ccccc2F)n1. The van der Waals surface area contributed by atoms with E-state index < -0.39 is 59.0 Å². The van der Waals surface area contributed by atoms with Crippen molar-refractivity contribution >= 4 is 29.0 Å². The second-order valence-corrected chi connectivity index (χ2v) is 10.2. The van der Waals surface area contributed by atoms with Crippen LogP contribution in [0.5, 0.6) is 5.75 Å². The number of aromatic nitrogens is 1. The number of alkyl halides is 6. The lowest BCUT2D eigenvalue weighted by Crippen LogP contribution is -2.54. The molecule has 1 heterocycles. The van der Waals surface area contributed by atoms with Gasteiger partial charge in [-0.2, -0.15) is 26.3 Å². The van der Waals surface area contributed by atoms with Crippen LogP contribution in [0.1, 0.15) is 52.3 Å². The van der Waals surface area contributed by atoms with Gasteiger partial charge < -0.3 is 20.7 Å². The smallest absolute Gasteiger partial charge is 0.416 e. The molecule has 1 aliphatic carbocycles. The number of carbonyl (C=O) groups excluding carboxylic acids is 2. The van der Waals surface area contributed by atoms with Crippen molar-refractivity contribution in [2.24, 2.45) is 0 Å². The van der Waals surface area contributed by atoms with Crippen LogP contribution in [0.2, 0.25) is 0 Å². The van der Waals surface area contributed by atoms with E-state index in [1.807, 2.05) is 5.32 Å². The molecule has 1 saturated carbocycles. The molecule has 0 unspecified atom stereocenters. The summed E-state index contributed by atoms with van der Waals surface area (Å²) in [5.41, 5.74) is -3.74. The molecule has 3 aromatic rings. The average molecular weight is 605 g/mol. The van der Waals surface area contributed by atoms with Crippen LogP contribution in [0.3, 0.4) is 0 Å². The number of rotatable bonds is 7. The van der Waals surface area contributed by atoms with Gasteiger partial charge in [-0.15, -0.1) is 11.3 Å². The summed E-state index contributed by atoms with van der Waals surface area (Å²) in [7, 11) is 0. The molecular weight excluding hydrogens is 581 g/mol. The fourth-order valence-electron chi connectivity index (χ4n) is 4.26. The highest BCUT2D eigenvalue weighted by Crippen LogP contribution is 2.37. The van der Waals surface area contributed by atoms with Crippen LogP contribution in [0.15, 0.2) is 47.8 Å². The second-order valence-electron chi connectivity index (χ2n) is 9.21. The molecule has 0 radical (unpaired) electrons. The van der Waals surface area contributed by atoms with E-state index in [4.69, 9.17) is 4.74 Å². The van der Waals surface area contributed by atoms with Gasteiger partial charge in [0.2, 0.25) is 0 Å². The van der Waals surface area contributed by atoms with Crippen LogP contribution in [0, 0.1) is 5.82 Å². The minimum atomic E-state index is -5.06. The van der Waals surface area contributed by atoms with Crippen LogP contribution < -0.4 is 20.7 Å². The van der Waals surface area contributed by atoms with Gasteiger partial charge in [0.25, 0.3) is 5.91 Å². The molecule has 3 amide bonds. The summed E-state index contributed by atoms with van der Waals surface area (Å²) in [5.74, 6) is -1.07. The van der Waals surface area contributed by atoms with Gasteiger partial charge in [0.15, 0.2) is 11.6 Å². The molecule has 1 fully saturated rings. The number of thiazole rings is 1. The number of amides is 3. The Balaban J connectivity index is 1.38. The van der Waals surface area contributed by atoms with E-state index in [2.05, 4.69) is 15.6 Å². The Bertz CT molecular complexity index is 1360. The Morgan fingerprint density at radius 3 is 2.15 bits per heavy atom.